The molecule has 1 aliphatic rings. The zero-order chi connectivity index (χ0) is 15.2. The van der Waals surface area contributed by atoms with Gasteiger partial charge in [0.15, 0.2) is 5.78 Å². The molecule has 0 amide bonds. The molecule has 1 atom stereocenters. The fourth-order valence-corrected chi connectivity index (χ4v) is 2.54. The average molecular weight is 303 g/mol. The van der Waals surface area contributed by atoms with Crippen LogP contribution in [0.3, 0.4) is 0 Å². The average Bonchev–Trinajstić information content (AvgIpc) is 2.71. The lowest BCUT2D eigenvalue weighted by atomic mass is 9.95. The first kappa shape index (κ1) is 15.5. The van der Waals surface area contributed by atoms with Crippen molar-refractivity contribution >= 4 is 23.2 Å². The SMILES string of the molecule is CCN(CC)C1=NC=CC(Cl)=CC1C(=O)c1ccccc1. The molecular weight excluding hydrogens is 284 g/mol. The van der Waals surface area contributed by atoms with E-state index in [1.165, 1.54) is 0 Å². The first-order chi connectivity index (χ1) is 10.2. The Morgan fingerprint density at radius 2 is 1.90 bits per heavy atom. The normalized spacial score (nSPS) is 17.8. The lowest BCUT2D eigenvalue weighted by molar-refractivity contribution is 0.0967. The minimum atomic E-state index is -0.449. The quantitative estimate of drug-likeness (QED) is 0.791. The van der Waals surface area contributed by atoms with Crippen molar-refractivity contribution in [2.24, 2.45) is 10.9 Å². The molecule has 0 aliphatic carbocycles. The Morgan fingerprint density at radius 3 is 2.52 bits per heavy atom. The van der Waals surface area contributed by atoms with E-state index in [4.69, 9.17) is 11.6 Å². The van der Waals surface area contributed by atoms with E-state index in [2.05, 4.69) is 23.7 Å². The fourth-order valence-electron chi connectivity index (χ4n) is 2.36. The van der Waals surface area contributed by atoms with Crippen molar-refractivity contribution in [3.05, 3.63) is 59.3 Å². The summed E-state index contributed by atoms with van der Waals surface area (Å²) in [6, 6.07) is 9.27. The van der Waals surface area contributed by atoms with Gasteiger partial charge in [-0.05, 0) is 26.0 Å². The van der Waals surface area contributed by atoms with E-state index in [9.17, 15) is 4.79 Å². The summed E-state index contributed by atoms with van der Waals surface area (Å²) in [6.07, 6.45) is 5.14. The monoisotopic (exact) mass is 302 g/mol. The number of hydrogen-bond donors (Lipinski definition) is 0. The van der Waals surface area contributed by atoms with Gasteiger partial charge in [-0.2, -0.15) is 0 Å². The maximum absolute atomic E-state index is 12.8. The van der Waals surface area contributed by atoms with Gasteiger partial charge in [0.2, 0.25) is 0 Å². The number of carbonyl (C=O) groups is 1. The second kappa shape index (κ2) is 7.23. The summed E-state index contributed by atoms with van der Waals surface area (Å²) in [6.45, 7) is 5.70. The van der Waals surface area contributed by atoms with Gasteiger partial charge in [-0.25, -0.2) is 4.99 Å². The topological polar surface area (TPSA) is 32.7 Å². The summed E-state index contributed by atoms with van der Waals surface area (Å²) in [5.74, 6) is 0.318. The number of hydrogen-bond acceptors (Lipinski definition) is 3. The molecule has 0 spiro atoms. The Balaban J connectivity index is 2.41. The van der Waals surface area contributed by atoms with E-state index < -0.39 is 5.92 Å². The largest absolute Gasteiger partial charge is 0.360 e. The van der Waals surface area contributed by atoms with Crippen LogP contribution in [0.4, 0.5) is 0 Å². The predicted molar refractivity (Wildman–Crippen MR) is 87.7 cm³/mol. The zero-order valence-electron chi connectivity index (χ0n) is 12.3. The number of nitrogens with zero attached hydrogens (tertiary/aromatic N) is 2. The Kier molecular flexibility index (Phi) is 5.34. The molecule has 1 aromatic carbocycles. The van der Waals surface area contributed by atoms with E-state index >= 15 is 0 Å². The lowest BCUT2D eigenvalue weighted by Gasteiger charge is -2.26. The number of allylic oxidation sites excluding steroid dienone is 2. The highest BCUT2D eigenvalue weighted by Crippen LogP contribution is 2.21. The summed E-state index contributed by atoms with van der Waals surface area (Å²) >= 11 is 6.13. The molecule has 21 heavy (non-hydrogen) atoms. The lowest BCUT2D eigenvalue weighted by Crippen LogP contribution is -2.38. The van der Waals surface area contributed by atoms with Crippen LogP contribution in [0.2, 0.25) is 0 Å². The van der Waals surface area contributed by atoms with Gasteiger partial charge in [-0.15, -0.1) is 0 Å². The van der Waals surface area contributed by atoms with Crippen LogP contribution in [0.5, 0.6) is 0 Å². The third-order valence-corrected chi connectivity index (χ3v) is 3.72. The van der Waals surface area contributed by atoms with Gasteiger partial charge in [0.25, 0.3) is 0 Å². The number of rotatable bonds is 4. The second-order valence-electron chi connectivity index (χ2n) is 4.73. The summed E-state index contributed by atoms with van der Waals surface area (Å²) in [4.78, 5) is 19.3. The standard InChI is InChI=1S/C17H19ClN2O/c1-3-20(4-2)17-15(12-14(18)10-11-19-17)16(21)13-8-6-5-7-9-13/h5-12,15H,3-4H2,1-2H3. The van der Waals surface area contributed by atoms with Gasteiger partial charge < -0.3 is 4.90 Å². The van der Waals surface area contributed by atoms with Crippen LogP contribution < -0.4 is 0 Å². The maximum atomic E-state index is 12.8. The molecule has 1 unspecified atom stereocenters. The molecule has 110 valence electrons. The summed E-state index contributed by atoms with van der Waals surface area (Å²) in [7, 11) is 0. The first-order valence-electron chi connectivity index (χ1n) is 7.13. The van der Waals surface area contributed by atoms with Gasteiger partial charge >= 0.3 is 0 Å². The van der Waals surface area contributed by atoms with Crippen molar-refractivity contribution in [2.45, 2.75) is 13.8 Å². The molecule has 0 saturated carbocycles. The van der Waals surface area contributed by atoms with Gasteiger partial charge in [-0.1, -0.05) is 41.9 Å². The minimum Gasteiger partial charge on any atom is -0.360 e. The molecule has 0 N–H and O–H groups in total. The Morgan fingerprint density at radius 1 is 1.24 bits per heavy atom. The molecule has 3 nitrogen and oxygen atoms in total. The molecular formula is C17H19ClN2O. The fraction of sp³-hybridized carbons (Fsp3) is 0.294. The zero-order valence-corrected chi connectivity index (χ0v) is 13.0. The van der Waals surface area contributed by atoms with Crippen molar-refractivity contribution < 1.29 is 4.79 Å². The number of halogens is 1. The highest BCUT2D eigenvalue weighted by atomic mass is 35.5. The molecule has 1 aliphatic heterocycles. The van der Waals surface area contributed by atoms with Gasteiger partial charge in [0.05, 0.1) is 5.92 Å². The number of Topliss-reactive ketones (excluding diaryl/α,β-unsaturated/α-hetero) is 1. The number of carbonyl (C=O) groups excluding carboxylic acids is 1. The Hall–Kier alpha value is -1.87. The summed E-state index contributed by atoms with van der Waals surface area (Å²) < 4.78 is 0. The van der Waals surface area contributed by atoms with Crippen molar-refractivity contribution in [1.29, 1.82) is 0 Å². The molecule has 1 heterocycles. The van der Waals surface area contributed by atoms with Crippen molar-refractivity contribution in [1.82, 2.24) is 4.90 Å². The maximum Gasteiger partial charge on any atom is 0.177 e. The molecule has 2 rings (SSSR count). The third kappa shape index (κ3) is 3.61. The minimum absolute atomic E-state index is 0.0168. The molecule has 0 aromatic heterocycles. The number of aliphatic imine (C=N–C) groups is 1. The van der Waals surface area contributed by atoms with Crippen molar-refractivity contribution in [2.75, 3.05) is 13.1 Å². The highest BCUT2D eigenvalue weighted by molar-refractivity contribution is 6.32. The van der Waals surface area contributed by atoms with Crippen LogP contribution in [0.15, 0.2) is 58.7 Å². The Labute approximate surface area is 130 Å². The smallest absolute Gasteiger partial charge is 0.177 e. The van der Waals surface area contributed by atoms with Gasteiger partial charge in [0.1, 0.15) is 5.84 Å². The van der Waals surface area contributed by atoms with Gasteiger partial charge in [-0.3, -0.25) is 4.79 Å². The van der Waals surface area contributed by atoms with E-state index in [0.717, 1.165) is 18.9 Å². The number of benzene rings is 1. The number of amidine groups is 1. The van der Waals surface area contributed by atoms with Crippen molar-refractivity contribution in [3.63, 3.8) is 0 Å². The van der Waals surface area contributed by atoms with Crippen LogP contribution >= 0.6 is 11.6 Å². The predicted octanol–water partition coefficient (Wildman–Crippen LogP) is 3.88. The van der Waals surface area contributed by atoms with Crippen LogP contribution in [0.25, 0.3) is 0 Å². The first-order valence-corrected chi connectivity index (χ1v) is 7.51. The molecule has 0 radical (unpaired) electrons. The molecule has 0 bridgehead atoms. The number of ketones is 1. The van der Waals surface area contributed by atoms with Crippen LogP contribution in [0.1, 0.15) is 24.2 Å². The van der Waals surface area contributed by atoms with Gasteiger partial charge in [0, 0.05) is 29.9 Å². The molecule has 0 fully saturated rings. The third-order valence-electron chi connectivity index (χ3n) is 3.47. The van der Waals surface area contributed by atoms with Crippen LogP contribution in [0, 0.1) is 5.92 Å². The van der Waals surface area contributed by atoms with E-state index in [0.29, 0.717) is 10.6 Å². The molecule has 1 aromatic rings. The molecule has 0 saturated heterocycles. The van der Waals surface area contributed by atoms with Crippen molar-refractivity contribution in [3.8, 4) is 0 Å². The van der Waals surface area contributed by atoms with Crippen LogP contribution in [-0.4, -0.2) is 29.6 Å². The van der Waals surface area contributed by atoms with E-state index in [1.807, 2.05) is 30.3 Å². The Bertz CT molecular complexity index is 586. The summed E-state index contributed by atoms with van der Waals surface area (Å²) in [5.41, 5.74) is 0.671. The van der Waals surface area contributed by atoms with E-state index in [1.54, 1.807) is 18.4 Å². The highest BCUT2D eigenvalue weighted by Gasteiger charge is 2.27. The second-order valence-corrected chi connectivity index (χ2v) is 5.17. The van der Waals surface area contributed by atoms with E-state index in [-0.39, 0.29) is 5.78 Å². The molecule has 4 heteroatoms. The van der Waals surface area contributed by atoms with Crippen LogP contribution in [-0.2, 0) is 0 Å². The summed E-state index contributed by atoms with van der Waals surface area (Å²) in [5, 5.41) is 0.537.